The van der Waals surface area contributed by atoms with Crippen LogP contribution in [0.15, 0.2) is 5.10 Å². The Kier molecular flexibility index (Phi) is 3.83. The van der Waals surface area contributed by atoms with Crippen LogP contribution in [0.5, 0.6) is 0 Å². The first kappa shape index (κ1) is 17.2. The molecule has 27 heavy (non-hydrogen) atoms. The molecule has 2 heterocycles. The monoisotopic (exact) mass is 389 g/mol. The van der Waals surface area contributed by atoms with Crippen molar-refractivity contribution in [3.8, 4) is 0 Å². The number of hydrogen-bond donors (Lipinski definition) is 1. The predicted molar refractivity (Wildman–Crippen MR) is 99.2 cm³/mol. The van der Waals surface area contributed by atoms with Crippen LogP contribution in [0.25, 0.3) is 0 Å². The van der Waals surface area contributed by atoms with Crippen molar-refractivity contribution in [3.05, 3.63) is 10.6 Å². The molecular weight excluding hydrogens is 366 g/mol. The van der Waals surface area contributed by atoms with Crippen molar-refractivity contribution in [2.24, 2.45) is 28.8 Å². The summed E-state index contributed by atoms with van der Waals surface area (Å²) in [6.07, 6.45) is 6.08. The van der Waals surface area contributed by atoms with Crippen molar-refractivity contribution in [3.63, 3.8) is 0 Å². The highest BCUT2D eigenvalue weighted by atomic mass is 32.1. The van der Waals surface area contributed by atoms with Gasteiger partial charge in [-0.15, -0.1) is 11.3 Å². The fraction of sp³-hybridized carbons (Fsp3) is 0.684. The summed E-state index contributed by atoms with van der Waals surface area (Å²) in [5.41, 5.74) is 3.31. The predicted octanol–water partition coefficient (Wildman–Crippen LogP) is 3.03. The summed E-state index contributed by atoms with van der Waals surface area (Å²) in [5.74, 6) is -0.796. The summed E-state index contributed by atoms with van der Waals surface area (Å²) in [4.78, 5) is 30.8. The van der Waals surface area contributed by atoms with Gasteiger partial charge in [-0.25, -0.2) is 14.6 Å². The number of aromatic nitrogens is 1. The van der Waals surface area contributed by atoms with Crippen LogP contribution in [-0.2, 0) is 25.5 Å². The lowest BCUT2D eigenvalue weighted by Crippen LogP contribution is -2.65. The summed E-state index contributed by atoms with van der Waals surface area (Å²) >= 11 is 1.46. The Balaban J connectivity index is 1.36. The van der Waals surface area contributed by atoms with Gasteiger partial charge < -0.3 is 9.47 Å². The first-order valence-electron chi connectivity index (χ1n) is 9.75. The minimum absolute atomic E-state index is 0.130. The van der Waals surface area contributed by atoms with Crippen LogP contribution in [0.3, 0.4) is 0 Å². The zero-order valence-corrected chi connectivity index (χ0v) is 16.3. The second-order valence-corrected chi connectivity index (χ2v) is 9.34. The largest absolute Gasteiger partial charge is 0.417 e. The van der Waals surface area contributed by atoms with Crippen LogP contribution in [0, 0.1) is 30.6 Å². The molecule has 7 nitrogen and oxygen atoms in total. The third kappa shape index (κ3) is 2.60. The van der Waals surface area contributed by atoms with E-state index in [1.165, 1.54) is 17.8 Å². The Hall–Kier alpha value is -1.96. The van der Waals surface area contributed by atoms with Gasteiger partial charge in [-0.1, -0.05) is 6.92 Å². The molecule has 5 fully saturated rings. The van der Waals surface area contributed by atoms with E-state index in [0.717, 1.165) is 42.7 Å². The lowest BCUT2D eigenvalue weighted by Gasteiger charge is -2.59. The molecule has 4 aliphatic carbocycles. The summed E-state index contributed by atoms with van der Waals surface area (Å²) in [5, 5.41) is 4.51. The maximum atomic E-state index is 12.6. The maximum Gasteiger partial charge on any atom is 0.369 e. The Morgan fingerprint density at radius 2 is 1.70 bits per heavy atom. The number of hydrogen-bond acceptors (Lipinski definition) is 8. The second kappa shape index (κ2) is 6.02. The number of hydrazone groups is 1. The molecule has 0 aromatic carbocycles. The molecule has 6 rings (SSSR count). The van der Waals surface area contributed by atoms with Gasteiger partial charge in [0.1, 0.15) is 0 Å². The third-order valence-corrected chi connectivity index (χ3v) is 7.85. The first-order chi connectivity index (χ1) is 13.0. The van der Waals surface area contributed by atoms with Crippen molar-refractivity contribution in [1.82, 2.24) is 4.98 Å². The molecule has 1 aromatic heterocycles. The van der Waals surface area contributed by atoms with Crippen molar-refractivity contribution in [2.75, 3.05) is 5.43 Å². The number of thiazole rings is 1. The number of carbonyl (C=O) groups excluding carboxylic acids is 2. The van der Waals surface area contributed by atoms with E-state index in [1.807, 2.05) is 6.92 Å². The number of esters is 2. The van der Waals surface area contributed by atoms with Gasteiger partial charge in [0.25, 0.3) is 11.5 Å². The zero-order valence-electron chi connectivity index (χ0n) is 15.5. The maximum absolute atomic E-state index is 12.6. The van der Waals surface area contributed by atoms with Crippen LogP contribution in [-0.4, -0.2) is 28.4 Å². The van der Waals surface area contributed by atoms with Crippen LogP contribution in [0.1, 0.15) is 49.6 Å². The molecule has 1 aromatic rings. The number of carbonyl (C=O) groups is 2. The molecule has 0 atom stereocenters. The van der Waals surface area contributed by atoms with Crippen molar-refractivity contribution in [2.45, 2.75) is 58.2 Å². The Morgan fingerprint density at radius 3 is 2.22 bits per heavy atom. The van der Waals surface area contributed by atoms with Crippen LogP contribution < -0.4 is 5.43 Å². The van der Waals surface area contributed by atoms with Crippen molar-refractivity contribution in [1.29, 1.82) is 0 Å². The minimum Gasteiger partial charge on any atom is -0.417 e. The van der Waals surface area contributed by atoms with Gasteiger partial charge in [-0.05, 0) is 57.3 Å². The van der Waals surface area contributed by atoms with Gasteiger partial charge in [0.05, 0.1) is 5.69 Å². The average Bonchev–Trinajstić information content (AvgIpc) is 2.98. The summed E-state index contributed by atoms with van der Waals surface area (Å²) < 4.78 is 11.6. The van der Waals surface area contributed by atoms with Gasteiger partial charge in [-0.3, -0.25) is 5.43 Å². The number of ether oxygens (including phenoxy) is 2. The quantitative estimate of drug-likeness (QED) is 0.631. The van der Waals surface area contributed by atoms with Crippen LogP contribution >= 0.6 is 11.3 Å². The molecule has 4 saturated carbocycles. The molecule has 8 heteroatoms. The molecule has 0 unspecified atom stereocenters. The molecule has 0 amide bonds. The standard InChI is InChI=1S/C19H23N3O4S/c1-3-14-9(2)20-18(27-14)22-21-15-16(23)25-19(26-17(15)24)12-5-10-4-11(7-12)8-13(19)6-10/h10-13H,3-8H2,1-2H3,(H,20,22). The number of rotatable bonds is 3. The summed E-state index contributed by atoms with van der Waals surface area (Å²) in [6, 6.07) is 0. The fourth-order valence-corrected chi connectivity index (χ4v) is 6.51. The Bertz CT molecular complexity index is 796. The summed E-state index contributed by atoms with van der Waals surface area (Å²) in [6.45, 7) is 3.98. The Labute approximate surface area is 161 Å². The smallest absolute Gasteiger partial charge is 0.369 e. The highest BCUT2D eigenvalue weighted by Gasteiger charge is 2.64. The minimum atomic E-state index is -1.06. The highest BCUT2D eigenvalue weighted by molar-refractivity contribution is 7.15. The van der Waals surface area contributed by atoms with E-state index in [2.05, 4.69) is 22.4 Å². The normalized spacial score (nSPS) is 36.7. The topological polar surface area (TPSA) is 89.9 Å². The van der Waals surface area contributed by atoms with E-state index >= 15 is 0 Å². The molecule has 1 spiro atoms. The van der Waals surface area contributed by atoms with Gasteiger partial charge in [0.15, 0.2) is 0 Å². The van der Waals surface area contributed by atoms with Gasteiger partial charge in [-0.2, -0.15) is 5.10 Å². The summed E-state index contributed by atoms with van der Waals surface area (Å²) in [7, 11) is 0. The van der Waals surface area contributed by atoms with E-state index < -0.39 is 17.7 Å². The van der Waals surface area contributed by atoms with Crippen LogP contribution in [0.2, 0.25) is 0 Å². The Morgan fingerprint density at radius 1 is 1.11 bits per heavy atom. The second-order valence-electron chi connectivity index (χ2n) is 8.26. The molecule has 4 bridgehead atoms. The van der Waals surface area contributed by atoms with Crippen LogP contribution in [0.4, 0.5) is 5.13 Å². The first-order valence-corrected chi connectivity index (χ1v) is 10.6. The lowest BCUT2D eigenvalue weighted by molar-refractivity contribution is -0.308. The average molecular weight is 389 g/mol. The molecule has 144 valence electrons. The fourth-order valence-electron chi connectivity index (χ4n) is 5.66. The molecule has 5 aliphatic rings. The van der Waals surface area contributed by atoms with Gasteiger partial charge in [0.2, 0.25) is 5.13 Å². The highest BCUT2D eigenvalue weighted by Crippen LogP contribution is 2.60. The molecular formula is C19H23N3O4S. The SMILES string of the molecule is CCc1sc(NN=C2C(=O)OC3(OC2=O)C2CC4CC(C2)CC3C4)nc1C. The van der Waals surface area contributed by atoms with E-state index in [9.17, 15) is 9.59 Å². The van der Waals surface area contributed by atoms with E-state index in [1.54, 1.807) is 0 Å². The lowest BCUT2D eigenvalue weighted by atomic mass is 9.53. The number of nitrogens with zero attached hydrogens (tertiary/aromatic N) is 2. The van der Waals surface area contributed by atoms with E-state index in [-0.39, 0.29) is 17.5 Å². The van der Waals surface area contributed by atoms with Gasteiger partial charge in [0, 0.05) is 16.7 Å². The molecule has 1 saturated heterocycles. The van der Waals surface area contributed by atoms with E-state index in [4.69, 9.17) is 9.47 Å². The zero-order chi connectivity index (χ0) is 18.8. The van der Waals surface area contributed by atoms with Gasteiger partial charge >= 0.3 is 11.9 Å². The number of aryl methyl sites for hydroxylation is 2. The molecule has 1 aliphatic heterocycles. The molecule has 0 radical (unpaired) electrons. The molecule has 1 N–H and O–H groups in total. The van der Waals surface area contributed by atoms with Crippen molar-refractivity contribution >= 4 is 34.1 Å². The number of nitrogens with one attached hydrogen (secondary N) is 1. The third-order valence-electron chi connectivity index (χ3n) is 6.64. The van der Waals surface area contributed by atoms with Crippen molar-refractivity contribution < 1.29 is 19.1 Å². The van der Waals surface area contributed by atoms with E-state index in [0.29, 0.717) is 17.0 Å². The number of anilines is 1.